The van der Waals surface area contributed by atoms with Crippen molar-refractivity contribution in [3.8, 4) is 11.5 Å². The number of hydrogen-bond acceptors (Lipinski definition) is 3. The van der Waals surface area contributed by atoms with Crippen LogP contribution in [0.15, 0.2) is 57.4 Å². The fraction of sp³-hybridized carbons (Fsp3) is 0.130. The molecule has 0 aliphatic carbocycles. The molecule has 0 radical (unpaired) electrons. The number of fused-ring (bicyclic) bond motifs is 1. The summed E-state index contributed by atoms with van der Waals surface area (Å²) in [6, 6.07) is 15.0. The van der Waals surface area contributed by atoms with E-state index in [9.17, 15) is 4.79 Å². The minimum atomic E-state index is -0.277. The Morgan fingerprint density at radius 3 is 2.62 bits per heavy atom. The highest BCUT2D eigenvalue weighted by atomic mass is 79.9. The van der Waals surface area contributed by atoms with Gasteiger partial charge in [-0.15, -0.1) is 0 Å². The van der Waals surface area contributed by atoms with Crippen molar-refractivity contribution in [2.45, 2.75) is 20.8 Å². The van der Waals surface area contributed by atoms with Crippen molar-refractivity contribution >= 4 is 50.2 Å². The van der Waals surface area contributed by atoms with E-state index in [1.165, 1.54) is 0 Å². The quantitative estimate of drug-likeness (QED) is 0.348. The summed E-state index contributed by atoms with van der Waals surface area (Å²) in [5.74, 6) is 0.241. The molecule has 1 amide bonds. The first kappa shape index (κ1) is 19.7. The summed E-state index contributed by atoms with van der Waals surface area (Å²) in [5, 5.41) is 3.34. The molecule has 0 fully saturated rings. The summed E-state index contributed by atoms with van der Waals surface area (Å²) in [4.78, 5) is 17.4. The molecule has 4 aromatic rings. The van der Waals surface area contributed by atoms with Crippen LogP contribution in [0.3, 0.4) is 0 Å². The van der Waals surface area contributed by atoms with E-state index in [0.717, 1.165) is 37.8 Å². The maximum atomic E-state index is 12.8. The number of aryl methyl sites for hydroxylation is 3. The first-order chi connectivity index (χ1) is 13.8. The normalized spacial score (nSPS) is 11.1. The average molecular weight is 470 g/mol. The minimum absolute atomic E-state index is 0.277. The molecule has 3 aromatic carbocycles. The van der Waals surface area contributed by atoms with E-state index < -0.39 is 0 Å². The fourth-order valence-electron chi connectivity index (χ4n) is 3.25. The Morgan fingerprint density at radius 2 is 1.83 bits per heavy atom. The van der Waals surface area contributed by atoms with Crippen LogP contribution in [0.1, 0.15) is 27.0 Å². The molecule has 1 N–H and O–H groups in total. The molecule has 0 aliphatic heterocycles. The number of nitrogens with zero attached hydrogens (tertiary/aromatic N) is 1. The van der Waals surface area contributed by atoms with Gasteiger partial charge in [0.1, 0.15) is 5.52 Å². The van der Waals surface area contributed by atoms with Crippen LogP contribution in [0.4, 0.5) is 5.69 Å². The molecule has 0 saturated heterocycles. The fourth-order valence-corrected chi connectivity index (χ4v) is 3.82. The van der Waals surface area contributed by atoms with Crippen LogP contribution < -0.4 is 5.32 Å². The third kappa shape index (κ3) is 3.93. The number of oxazole rings is 1. The smallest absolute Gasteiger partial charge is 0.257 e. The molecule has 4 nitrogen and oxygen atoms in total. The van der Waals surface area contributed by atoms with Crippen molar-refractivity contribution < 1.29 is 9.21 Å². The van der Waals surface area contributed by atoms with Crippen molar-refractivity contribution in [3.05, 3.63) is 80.3 Å². The van der Waals surface area contributed by atoms with E-state index in [0.29, 0.717) is 22.2 Å². The van der Waals surface area contributed by atoms with Gasteiger partial charge in [-0.05, 0) is 73.9 Å². The summed E-state index contributed by atoms with van der Waals surface area (Å²) in [6.07, 6.45) is 0. The topological polar surface area (TPSA) is 55.1 Å². The lowest BCUT2D eigenvalue weighted by Gasteiger charge is -2.11. The largest absolute Gasteiger partial charge is 0.436 e. The van der Waals surface area contributed by atoms with Crippen molar-refractivity contribution in [3.63, 3.8) is 0 Å². The zero-order chi connectivity index (χ0) is 20.7. The molecule has 0 unspecified atom stereocenters. The van der Waals surface area contributed by atoms with Gasteiger partial charge in [-0.1, -0.05) is 39.7 Å². The Kier molecular flexibility index (Phi) is 5.19. The number of carbonyl (C=O) groups is 1. The number of anilines is 1. The van der Waals surface area contributed by atoms with Crippen molar-refractivity contribution in [2.75, 3.05) is 5.32 Å². The van der Waals surface area contributed by atoms with E-state index in [-0.39, 0.29) is 5.91 Å². The number of aromatic nitrogens is 1. The molecule has 29 heavy (non-hydrogen) atoms. The maximum Gasteiger partial charge on any atom is 0.257 e. The van der Waals surface area contributed by atoms with Crippen LogP contribution in [0, 0.1) is 20.8 Å². The second kappa shape index (κ2) is 7.65. The van der Waals surface area contributed by atoms with E-state index in [1.54, 1.807) is 18.2 Å². The summed E-state index contributed by atoms with van der Waals surface area (Å²) in [6.45, 7) is 5.97. The highest BCUT2D eigenvalue weighted by Gasteiger charge is 2.15. The van der Waals surface area contributed by atoms with Crippen molar-refractivity contribution in [1.29, 1.82) is 0 Å². The lowest BCUT2D eigenvalue weighted by molar-refractivity contribution is 0.102. The maximum absolute atomic E-state index is 12.8. The second-order valence-corrected chi connectivity index (χ2v) is 8.38. The number of amides is 1. The minimum Gasteiger partial charge on any atom is -0.436 e. The lowest BCUT2D eigenvalue weighted by atomic mass is 10.1. The molecule has 4 rings (SSSR count). The molecule has 0 aliphatic rings. The molecular weight excluding hydrogens is 452 g/mol. The zero-order valence-corrected chi connectivity index (χ0v) is 18.5. The molecule has 6 heteroatoms. The highest BCUT2D eigenvalue weighted by Crippen LogP contribution is 2.30. The third-order valence-corrected chi connectivity index (χ3v) is 5.55. The Hall–Kier alpha value is -2.63. The van der Waals surface area contributed by atoms with Gasteiger partial charge in [0.05, 0.1) is 10.6 Å². The first-order valence-corrected chi connectivity index (χ1v) is 10.2. The summed E-state index contributed by atoms with van der Waals surface area (Å²) < 4.78 is 6.79. The van der Waals surface area contributed by atoms with Crippen molar-refractivity contribution in [1.82, 2.24) is 4.98 Å². The van der Waals surface area contributed by atoms with Gasteiger partial charge in [-0.2, -0.15) is 0 Å². The number of benzene rings is 3. The van der Waals surface area contributed by atoms with Crippen LogP contribution in [0.5, 0.6) is 0 Å². The van der Waals surface area contributed by atoms with Crippen LogP contribution >= 0.6 is 27.5 Å². The number of carbonyl (C=O) groups excluding carboxylic acids is 1. The van der Waals surface area contributed by atoms with Gasteiger partial charge in [0.15, 0.2) is 5.58 Å². The van der Waals surface area contributed by atoms with E-state index >= 15 is 0 Å². The summed E-state index contributed by atoms with van der Waals surface area (Å²) in [5.41, 5.74) is 6.58. The predicted octanol–water partition coefficient (Wildman–Crippen LogP) is 7.09. The van der Waals surface area contributed by atoms with Gasteiger partial charge in [0.2, 0.25) is 5.89 Å². The molecule has 0 bridgehead atoms. The lowest BCUT2D eigenvalue weighted by Crippen LogP contribution is -2.13. The van der Waals surface area contributed by atoms with Gasteiger partial charge in [-0.25, -0.2) is 4.98 Å². The van der Waals surface area contributed by atoms with Crippen LogP contribution in [-0.4, -0.2) is 10.9 Å². The molecule has 146 valence electrons. The number of halogens is 2. The van der Waals surface area contributed by atoms with Gasteiger partial charge in [0.25, 0.3) is 5.91 Å². The highest BCUT2D eigenvalue weighted by molar-refractivity contribution is 9.10. The molecular formula is C23H18BrClN2O2. The van der Waals surface area contributed by atoms with Crippen molar-refractivity contribution in [2.24, 2.45) is 0 Å². The van der Waals surface area contributed by atoms with Crippen LogP contribution in [0.25, 0.3) is 22.6 Å². The molecule has 0 saturated carbocycles. The Balaban J connectivity index is 1.70. The standard InChI is InChI=1S/C23H18BrClN2O2/c1-12-8-14(3)21-20(9-12)27-23(29-21)15-5-4-13(2)19(10-15)26-22(28)17-11-16(24)6-7-18(17)25/h4-11H,1-3H3,(H,26,28). The second-order valence-electron chi connectivity index (χ2n) is 7.06. The molecule has 0 spiro atoms. The average Bonchev–Trinajstić information content (AvgIpc) is 3.09. The molecule has 1 heterocycles. The predicted molar refractivity (Wildman–Crippen MR) is 121 cm³/mol. The van der Waals surface area contributed by atoms with Crippen LogP contribution in [-0.2, 0) is 0 Å². The van der Waals surface area contributed by atoms with Gasteiger partial charge in [-0.3, -0.25) is 4.79 Å². The van der Waals surface area contributed by atoms with Gasteiger partial charge < -0.3 is 9.73 Å². The van der Waals surface area contributed by atoms with E-state index in [2.05, 4.69) is 32.3 Å². The van der Waals surface area contributed by atoms with Gasteiger partial charge >= 0.3 is 0 Å². The SMILES string of the molecule is Cc1cc(C)c2oc(-c3ccc(C)c(NC(=O)c4cc(Br)ccc4Cl)c3)nc2c1. The monoisotopic (exact) mass is 468 g/mol. The molecule has 0 atom stereocenters. The number of hydrogen-bond donors (Lipinski definition) is 1. The van der Waals surface area contributed by atoms with E-state index in [1.807, 2.05) is 45.0 Å². The Bertz CT molecular complexity index is 1260. The van der Waals surface area contributed by atoms with E-state index in [4.69, 9.17) is 16.0 Å². The Morgan fingerprint density at radius 1 is 1.03 bits per heavy atom. The van der Waals surface area contributed by atoms with Crippen LogP contribution in [0.2, 0.25) is 5.02 Å². The zero-order valence-electron chi connectivity index (χ0n) is 16.1. The first-order valence-electron chi connectivity index (χ1n) is 9.07. The number of rotatable bonds is 3. The third-order valence-electron chi connectivity index (χ3n) is 4.73. The number of nitrogens with one attached hydrogen (secondary N) is 1. The molecule has 1 aromatic heterocycles. The summed E-state index contributed by atoms with van der Waals surface area (Å²) >= 11 is 9.57. The van der Waals surface area contributed by atoms with Gasteiger partial charge in [0, 0.05) is 15.7 Å². The summed E-state index contributed by atoms with van der Waals surface area (Å²) in [7, 11) is 0. The Labute approximate surface area is 182 Å².